The van der Waals surface area contributed by atoms with Crippen LogP contribution >= 0.6 is 0 Å². The molecule has 0 aliphatic heterocycles. The van der Waals surface area contributed by atoms with Gasteiger partial charge in [0.05, 0.1) is 5.92 Å². The summed E-state index contributed by atoms with van der Waals surface area (Å²) in [6.45, 7) is 2.19. The van der Waals surface area contributed by atoms with Crippen molar-refractivity contribution in [3.8, 4) is 5.75 Å². The Balaban J connectivity index is 1.08. The van der Waals surface area contributed by atoms with Crippen LogP contribution in [-0.2, 0) is 0 Å². The molecule has 0 bridgehead atoms. The maximum Gasteiger partial charge on any atom is 0.400 e. The zero-order valence-corrected chi connectivity index (χ0v) is 25.1. The molecule has 0 aromatic heterocycles. The second-order valence-electron chi connectivity index (χ2n) is 13.2. The SMILES string of the molecule is CCC/C=C/C1CCC(c2ccc(C3CCC(C4CCC(C(F)(F)Oc5cc(F)c(F)c(F)c5)CC4)CC3)c(F)c2)CC1. The van der Waals surface area contributed by atoms with Gasteiger partial charge in [-0.1, -0.05) is 37.6 Å². The molecule has 7 heteroatoms. The van der Waals surface area contributed by atoms with Crippen molar-refractivity contribution >= 4 is 0 Å². The highest BCUT2D eigenvalue weighted by molar-refractivity contribution is 5.30. The molecular formula is C36H44F6O. The summed E-state index contributed by atoms with van der Waals surface area (Å²) in [7, 11) is 0. The molecule has 0 atom stereocenters. The second kappa shape index (κ2) is 14.1. The molecule has 0 amide bonds. The third-order valence-corrected chi connectivity index (χ3v) is 10.5. The summed E-state index contributed by atoms with van der Waals surface area (Å²) in [6.07, 6.45) is 13.4. The van der Waals surface area contributed by atoms with Crippen LogP contribution in [0, 0.1) is 46.9 Å². The van der Waals surface area contributed by atoms with Gasteiger partial charge >= 0.3 is 6.11 Å². The van der Waals surface area contributed by atoms with Crippen molar-refractivity contribution in [1.29, 1.82) is 0 Å². The number of alkyl halides is 2. The summed E-state index contributed by atoms with van der Waals surface area (Å²) in [5, 5.41) is 0. The Hall–Kier alpha value is -2.44. The van der Waals surface area contributed by atoms with Gasteiger partial charge in [0, 0.05) is 12.1 Å². The lowest BCUT2D eigenvalue weighted by molar-refractivity contribution is -0.224. The van der Waals surface area contributed by atoms with Gasteiger partial charge in [0.2, 0.25) is 0 Å². The van der Waals surface area contributed by atoms with Crippen molar-refractivity contribution in [2.75, 3.05) is 0 Å². The lowest BCUT2D eigenvalue weighted by atomic mass is 9.68. The summed E-state index contributed by atoms with van der Waals surface area (Å²) >= 11 is 0. The molecule has 5 rings (SSSR count). The number of rotatable bonds is 9. The Morgan fingerprint density at radius 2 is 1.30 bits per heavy atom. The van der Waals surface area contributed by atoms with Crippen LogP contribution < -0.4 is 4.74 Å². The zero-order valence-electron chi connectivity index (χ0n) is 25.1. The molecule has 0 saturated heterocycles. The normalized spacial score (nSPS) is 28.7. The number of ether oxygens (including phenoxy) is 1. The van der Waals surface area contributed by atoms with E-state index in [1.54, 1.807) is 6.07 Å². The van der Waals surface area contributed by atoms with E-state index in [1.165, 1.54) is 19.3 Å². The second-order valence-corrected chi connectivity index (χ2v) is 13.2. The van der Waals surface area contributed by atoms with E-state index in [1.807, 2.05) is 6.07 Å². The fraction of sp³-hybridized carbons (Fsp3) is 0.611. The van der Waals surface area contributed by atoms with Gasteiger partial charge in [-0.2, -0.15) is 8.78 Å². The minimum Gasteiger partial charge on any atom is -0.432 e. The molecule has 0 spiro atoms. The summed E-state index contributed by atoms with van der Waals surface area (Å²) in [5.41, 5.74) is 1.94. The number of unbranched alkanes of at least 4 members (excludes halogenated alkanes) is 1. The highest BCUT2D eigenvalue weighted by atomic mass is 19.3. The molecule has 0 radical (unpaired) electrons. The average Bonchev–Trinajstić information content (AvgIpc) is 3.00. The fourth-order valence-electron chi connectivity index (χ4n) is 7.89. The third-order valence-electron chi connectivity index (χ3n) is 10.5. The highest BCUT2D eigenvalue weighted by Gasteiger charge is 2.45. The number of hydrogen-bond donors (Lipinski definition) is 0. The summed E-state index contributed by atoms with van der Waals surface area (Å²) < 4.78 is 89.8. The molecule has 3 fully saturated rings. The number of allylic oxidation sites excluding steroid dienone is 2. The summed E-state index contributed by atoms with van der Waals surface area (Å²) in [6, 6.07) is 6.82. The largest absolute Gasteiger partial charge is 0.432 e. The molecular weight excluding hydrogens is 562 g/mol. The van der Waals surface area contributed by atoms with E-state index in [9.17, 15) is 22.0 Å². The predicted molar refractivity (Wildman–Crippen MR) is 157 cm³/mol. The Morgan fingerprint density at radius 3 is 1.88 bits per heavy atom. The number of hydrogen-bond acceptors (Lipinski definition) is 1. The van der Waals surface area contributed by atoms with Gasteiger partial charge in [-0.25, -0.2) is 17.6 Å². The van der Waals surface area contributed by atoms with Crippen molar-refractivity contribution in [3.05, 3.63) is 76.9 Å². The Labute approximate surface area is 252 Å². The first-order valence-electron chi connectivity index (χ1n) is 16.3. The quantitative estimate of drug-likeness (QED) is 0.157. The first kappa shape index (κ1) is 32.0. The van der Waals surface area contributed by atoms with Gasteiger partial charge < -0.3 is 4.74 Å². The number of benzene rings is 2. The maximum absolute atomic E-state index is 15.3. The Bertz CT molecular complexity index is 1210. The molecule has 0 heterocycles. The lowest BCUT2D eigenvalue weighted by Crippen LogP contribution is -2.38. The zero-order chi connectivity index (χ0) is 30.6. The lowest BCUT2D eigenvalue weighted by Gasteiger charge is -2.39. The number of halogens is 6. The van der Waals surface area contributed by atoms with Crippen LogP contribution in [0.1, 0.15) is 120 Å². The smallest absolute Gasteiger partial charge is 0.400 e. The monoisotopic (exact) mass is 606 g/mol. The van der Waals surface area contributed by atoms with Crippen molar-refractivity contribution in [2.24, 2.45) is 23.7 Å². The summed E-state index contributed by atoms with van der Waals surface area (Å²) in [5.74, 6) is -4.69. The van der Waals surface area contributed by atoms with Gasteiger partial charge in [0.15, 0.2) is 17.5 Å². The standard InChI is InChI=1S/C36H44F6O/c1-2-3-4-5-23-6-8-26(9-7-23)28-16-19-31(32(37)20-28)27-12-10-24(11-13-27)25-14-17-29(18-15-25)36(41,42)43-30-21-33(38)35(40)34(39)22-30/h4-5,16,19-27,29H,2-3,6-15,17-18H2,1H3/b5-4+. The van der Waals surface area contributed by atoms with Crippen molar-refractivity contribution in [2.45, 2.75) is 115 Å². The van der Waals surface area contributed by atoms with Crippen LogP contribution in [0.2, 0.25) is 0 Å². The van der Waals surface area contributed by atoms with Crippen molar-refractivity contribution in [3.63, 3.8) is 0 Å². The van der Waals surface area contributed by atoms with Crippen molar-refractivity contribution < 1.29 is 31.1 Å². The van der Waals surface area contributed by atoms with E-state index in [-0.39, 0.29) is 24.6 Å². The van der Waals surface area contributed by atoms with Crippen LogP contribution in [0.5, 0.6) is 5.75 Å². The van der Waals surface area contributed by atoms with E-state index in [0.717, 1.165) is 56.1 Å². The third kappa shape index (κ3) is 7.81. The van der Waals surface area contributed by atoms with Crippen molar-refractivity contribution in [1.82, 2.24) is 0 Å². The molecule has 1 nitrogen and oxygen atoms in total. The topological polar surface area (TPSA) is 9.23 Å². The summed E-state index contributed by atoms with van der Waals surface area (Å²) in [4.78, 5) is 0. The molecule has 3 aliphatic carbocycles. The van der Waals surface area contributed by atoms with Crippen LogP contribution in [0.15, 0.2) is 42.5 Å². The van der Waals surface area contributed by atoms with Crippen LogP contribution in [-0.4, -0.2) is 6.11 Å². The van der Waals surface area contributed by atoms with Crippen LogP contribution in [0.25, 0.3) is 0 Å². The minimum atomic E-state index is -3.60. The molecule has 236 valence electrons. The Kier molecular flexibility index (Phi) is 10.5. The first-order valence-corrected chi connectivity index (χ1v) is 16.3. The van der Waals surface area contributed by atoms with Gasteiger partial charge in [-0.3, -0.25) is 0 Å². The molecule has 2 aromatic carbocycles. The van der Waals surface area contributed by atoms with Gasteiger partial charge in [-0.15, -0.1) is 0 Å². The van der Waals surface area contributed by atoms with E-state index in [4.69, 9.17) is 0 Å². The van der Waals surface area contributed by atoms with Gasteiger partial charge in [0.1, 0.15) is 11.6 Å². The predicted octanol–water partition coefficient (Wildman–Crippen LogP) is 11.6. The van der Waals surface area contributed by atoms with E-state index in [0.29, 0.717) is 48.6 Å². The van der Waals surface area contributed by atoms with Crippen LogP contribution in [0.4, 0.5) is 26.3 Å². The van der Waals surface area contributed by atoms with Crippen LogP contribution in [0.3, 0.4) is 0 Å². The molecule has 43 heavy (non-hydrogen) atoms. The molecule has 3 aliphatic rings. The highest BCUT2D eigenvalue weighted by Crippen LogP contribution is 2.47. The van der Waals surface area contributed by atoms with E-state index in [2.05, 4.69) is 29.9 Å². The molecule has 0 N–H and O–H groups in total. The van der Waals surface area contributed by atoms with E-state index < -0.39 is 35.2 Å². The Morgan fingerprint density at radius 1 is 0.721 bits per heavy atom. The average molecular weight is 607 g/mol. The maximum atomic E-state index is 15.3. The molecule has 3 saturated carbocycles. The molecule has 0 unspecified atom stereocenters. The van der Waals surface area contributed by atoms with E-state index >= 15 is 4.39 Å². The van der Waals surface area contributed by atoms with Gasteiger partial charge in [0.25, 0.3) is 0 Å². The minimum absolute atomic E-state index is 0.0884. The van der Waals surface area contributed by atoms with Gasteiger partial charge in [-0.05, 0) is 130 Å². The molecule has 2 aromatic rings. The first-order chi connectivity index (χ1) is 20.6. The fourth-order valence-corrected chi connectivity index (χ4v) is 7.89.